The first-order chi connectivity index (χ1) is 16.4. The van der Waals surface area contributed by atoms with Gasteiger partial charge in [-0.1, -0.05) is 90.5 Å². The number of carbonyl (C=O) groups is 2. The summed E-state index contributed by atoms with van der Waals surface area (Å²) in [5.74, 6) is -0.327. The summed E-state index contributed by atoms with van der Waals surface area (Å²) in [6.45, 7) is 1.82. The highest BCUT2D eigenvalue weighted by Gasteiger charge is 2.33. The lowest BCUT2D eigenvalue weighted by Crippen LogP contribution is -2.45. The number of hydrogen-bond acceptors (Lipinski definition) is 3. The second-order valence-corrected chi connectivity index (χ2v) is 8.64. The highest BCUT2D eigenvalue weighted by Crippen LogP contribution is 2.29. The molecule has 5 heteroatoms. The number of halogens is 1. The second kappa shape index (κ2) is 10.4. The van der Waals surface area contributed by atoms with Gasteiger partial charge in [-0.25, -0.2) is 0 Å². The molecule has 0 spiro atoms. The molecule has 0 fully saturated rings. The van der Waals surface area contributed by atoms with Crippen molar-refractivity contribution in [2.24, 2.45) is 0 Å². The van der Waals surface area contributed by atoms with E-state index in [0.29, 0.717) is 16.3 Å². The Morgan fingerprint density at radius 3 is 2.06 bits per heavy atom. The van der Waals surface area contributed by atoms with E-state index < -0.39 is 11.5 Å². The Morgan fingerprint density at radius 2 is 1.41 bits per heavy atom. The van der Waals surface area contributed by atoms with Gasteiger partial charge in [0.05, 0.1) is 12.0 Å². The standard InChI is InChI=1S/C29H24ClNO3/c1-29(20-27(32)34-26-13-6-3-7-14-26,31-28(33)23-11-8-12-25(30)19-23)24-17-15-22(16-18-24)21-9-4-2-5-10-21/h2-19H,20H2,1H3,(H,31,33). The molecule has 0 radical (unpaired) electrons. The van der Waals surface area contributed by atoms with Crippen molar-refractivity contribution >= 4 is 23.5 Å². The molecule has 4 aromatic rings. The minimum absolute atomic E-state index is 0.0567. The van der Waals surface area contributed by atoms with Gasteiger partial charge in [0.1, 0.15) is 5.75 Å². The lowest BCUT2D eigenvalue weighted by molar-refractivity contribution is -0.135. The first kappa shape index (κ1) is 23.3. The summed E-state index contributed by atoms with van der Waals surface area (Å²) in [4.78, 5) is 26.0. The van der Waals surface area contributed by atoms with Crippen molar-refractivity contribution in [3.05, 3.63) is 125 Å². The number of amides is 1. The summed E-state index contributed by atoms with van der Waals surface area (Å²) >= 11 is 6.07. The van der Waals surface area contributed by atoms with Crippen LogP contribution in [0.5, 0.6) is 5.75 Å². The van der Waals surface area contributed by atoms with Gasteiger partial charge in [-0.2, -0.15) is 0 Å². The zero-order chi connectivity index (χ0) is 24.0. The molecule has 0 aromatic heterocycles. The average Bonchev–Trinajstić information content (AvgIpc) is 2.85. The Kier molecular flexibility index (Phi) is 7.09. The van der Waals surface area contributed by atoms with Crippen molar-refractivity contribution in [2.45, 2.75) is 18.9 Å². The van der Waals surface area contributed by atoms with Gasteiger partial charge in [0.2, 0.25) is 0 Å². The maximum atomic E-state index is 13.1. The second-order valence-electron chi connectivity index (χ2n) is 8.20. The van der Waals surface area contributed by atoms with Crippen molar-refractivity contribution < 1.29 is 14.3 Å². The first-order valence-electron chi connectivity index (χ1n) is 10.9. The van der Waals surface area contributed by atoms with Crippen LogP contribution in [0.1, 0.15) is 29.3 Å². The quantitative estimate of drug-likeness (QED) is 0.243. The molecular formula is C29H24ClNO3. The van der Waals surface area contributed by atoms with E-state index in [1.807, 2.05) is 67.6 Å². The minimum Gasteiger partial charge on any atom is -0.426 e. The van der Waals surface area contributed by atoms with E-state index in [1.165, 1.54) is 0 Å². The van der Waals surface area contributed by atoms with Gasteiger partial charge in [-0.3, -0.25) is 9.59 Å². The van der Waals surface area contributed by atoms with Crippen LogP contribution in [0.25, 0.3) is 11.1 Å². The highest BCUT2D eigenvalue weighted by atomic mass is 35.5. The van der Waals surface area contributed by atoms with E-state index in [9.17, 15) is 9.59 Å². The molecule has 0 aliphatic heterocycles. The molecule has 4 aromatic carbocycles. The zero-order valence-corrected chi connectivity index (χ0v) is 19.5. The van der Waals surface area contributed by atoms with Crippen molar-refractivity contribution in [3.8, 4) is 16.9 Å². The van der Waals surface area contributed by atoms with E-state index in [1.54, 1.807) is 48.5 Å². The van der Waals surface area contributed by atoms with E-state index in [0.717, 1.165) is 16.7 Å². The third-order valence-electron chi connectivity index (χ3n) is 5.58. The number of para-hydroxylation sites is 1. The summed E-state index contributed by atoms with van der Waals surface area (Å²) in [6, 6.07) is 33.4. The third kappa shape index (κ3) is 5.72. The smallest absolute Gasteiger partial charge is 0.313 e. The van der Waals surface area contributed by atoms with Crippen molar-refractivity contribution in [1.82, 2.24) is 5.32 Å². The monoisotopic (exact) mass is 469 g/mol. The number of benzene rings is 4. The predicted octanol–water partition coefficient (Wildman–Crippen LogP) is 6.65. The van der Waals surface area contributed by atoms with E-state index >= 15 is 0 Å². The predicted molar refractivity (Wildman–Crippen MR) is 135 cm³/mol. The molecule has 0 bridgehead atoms. The maximum absolute atomic E-state index is 13.1. The fourth-order valence-corrected chi connectivity index (χ4v) is 3.97. The molecule has 1 N–H and O–H groups in total. The topological polar surface area (TPSA) is 55.4 Å². The molecule has 0 heterocycles. The Morgan fingerprint density at radius 1 is 0.794 bits per heavy atom. The van der Waals surface area contributed by atoms with Crippen molar-refractivity contribution in [3.63, 3.8) is 0 Å². The van der Waals surface area contributed by atoms with Crippen LogP contribution in [0, 0.1) is 0 Å². The number of ether oxygens (including phenoxy) is 1. The van der Waals surface area contributed by atoms with Gasteiger partial charge in [0.25, 0.3) is 5.91 Å². The largest absolute Gasteiger partial charge is 0.426 e. The van der Waals surface area contributed by atoms with E-state index in [-0.39, 0.29) is 12.3 Å². The summed E-state index contributed by atoms with van der Waals surface area (Å²) < 4.78 is 5.52. The Bertz CT molecular complexity index is 1270. The minimum atomic E-state index is -1.01. The molecular weight excluding hydrogens is 446 g/mol. The molecule has 4 nitrogen and oxygen atoms in total. The number of nitrogens with one attached hydrogen (secondary N) is 1. The van der Waals surface area contributed by atoms with Gasteiger partial charge in [0, 0.05) is 10.6 Å². The Labute approximate surface area is 204 Å². The van der Waals surface area contributed by atoms with Gasteiger partial charge < -0.3 is 10.1 Å². The highest BCUT2D eigenvalue weighted by molar-refractivity contribution is 6.31. The molecule has 4 rings (SSSR count). The van der Waals surface area contributed by atoms with Gasteiger partial charge >= 0.3 is 5.97 Å². The molecule has 0 aliphatic rings. The van der Waals surface area contributed by atoms with E-state index in [2.05, 4.69) is 5.32 Å². The molecule has 1 atom stereocenters. The molecule has 0 saturated carbocycles. The Balaban J connectivity index is 1.62. The third-order valence-corrected chi connectivity index (χ3v) is 5.81. The fraction of sp³-hybridized carbons (Fsp3) is 0.103. The van der Waals surface area contributed by atoms with Gasteiger partial charge in [0.15, 0.2) is 0 Å². The first-order valence-corrected chi connectivity index (χ1v) is 11.3. The number of esters is 1. The van der Waals surface area contributed by atoms with Crippen LogP contribution in [0.15, 0.2) is 109 Å². The van der Waals surface area contributed by atoms with Gasteiger partial charge in [-0.15, -0.1) is 0 Å². The van der Waals surface area contributed by atoms with Crippen LogP contribution in [0.2, 0.25) is 5.02 Å². The summed E-state index contributed by atoms with van der Waals surface area (Å²) in [7, 11) is 0. The van der Waals surface area contributed by atoms with Crippen LogP contribution in [-0.2, 0) is 10.3 Å². The number of carbonyl (C=O) groups excluding carboxylic acids is 2. The Hall–Kier alpha value is -3.89. The normalized spacial score (nSPS) is 12.4. The maximum Gasteiger partial charge on any atom is 0.313 e. The van der Waals surface area contributed by atoms with Crippen molar-refractivity contribution in [2.75, 3.05) is 0 Å². The lowest BCUT2D eigenvalue weighted by Gasteiger charge is -2.31. The summed E-state index contributed by atoms with van der Waals surface area (Å²) in [5.41, 5.74) is 2.31. The molecule has 1 unspecified atom stereocenters. The summed E-state index contributed by atoms with van der Waals surface area (Å²) in [5, 5.41) is 3.49. The van der Waals surface area contributed by atoms with Crippen LogP contribution in [0.4, 0.5) is 0 Å². The molecule has 1 amide bonds. The van der Waals surface area contributed by atoms with Crippen LogP contribution in [0.3, 0.4) is 0 Å². The average molecular weight is 470 g/mol. The van der Waals surface area contributed by atoms with Crippen molar-refractivity contribution in [1.29, 1.82) is 0 Å². The van der Waals surface area contributed by atoms with Gasteiger partial charge in [-0.05, 0) is 53.9 Å². The lowest BCUT2D eigenvalue weighted by atomic mass is 9.87. The molecule has 0 aliphatic carbocycles. The van der Waals surface area contributed by atoms with Crippen LogP contribution >= 0.6 is 11.6 Å². The fourth-order valence-electron chi connectivity index (χ4n) is 3.78. The molecule has 170 valence electrons. The summed E-state index contributed by atoms with van der Waals surface area (Å²) in [6.07, 6.45) is -0.0567. The van der Waals surface area contributed by atoms with Crippen LogP contribution < -0.4 is 10.1 Å². The number of hydrogen-bond donors (Lipinski definition) is 1. The van der Waals surface area contributed by atoms with E-state index in [4.69, 9.17) is 16.3 Å². The van der Waals surface area contributed by atoms with Crippen LogP contribution in [-0.4, -0.2) is 11.9 Å². The zero-order valence-electron chi connectivity index (χ0n) is 18.7. The number of rotatable bonds is 7. The molecule has 34 heavy (non-hydrogen) atoms. The SMILES string of the molecule is CC(CC(=O)Oc1ccccc1)(NC(=O)c1cccc(Cl)c1)c1ccc(-c2ccccc2)cc1. The molecule has 0 saturated heterocycles.